The van der Waals surface area contributed by atoms with E-state index in [-0.39, 0.29) is 18.2 Å². The molecule has 1 aliphatic heterocycles. The number of benzene rings is 2. The Kier molecular flexibility index (Phi) is 13.7. The van der Waals surface area contributed by atoms with Crippen LogP contribution in [0.4, 0.5) is 4.79 Å². The molecule has 2 N–H and O–H groups in total. The van der Waals surface area contributed by atoms with Gasteiger partial charge >= 0.3 is 12.1 Å². The van der Waals surface area contributed by atoms with E-state index in [4.69, 9.17) is 27.9 Å². The molecular weight excluding hydrogens is 623 g/mol. The van der Waals surface area contributed by atoms with Crippen molar-refractivity contribution in [3.63, 3.8) is 0 Å². The van der Waals surface area contributed by atoms with Crippen molar-refractivity contribution >= 4 is 53.0 Å². The van der Waals surface area contributed by atoms with Gasteiger partial charge in [0.15, 0.2) is 0 Å². The molecule has 2 aromatic carbocycles. The predicted octanol–water partition coefficient (Wildman–Crippen LogP) is 4.02. The van der Waals surface area contributed by atoms with Gasteiger partial charge in [0.25, 0.3) is 0 Å². The molecule has 1 saturated heterocycles. The van der Waals surface area contributed by atoms with Crippen molar-refractivity contribution in [2.24, 2.45) is 0 Å². The minimum Gasteiger partial charge on any atom is -0.467 e. The van der Waals surface area contributed by atoms with Crippen LogP contribution in [0.1, 0.15) is 45.7 Å². The lowest BCUT2D eigenvalue weighted by atomic mass is 10.0. The Morgan fingerprint density at radius 3 is 2.00 bits per heavy atom. The molecule has 0 spiro atoms. The number of methoxy groups -OCH3 is 1. The van der Waals surface area contributed by atoms with Crippen molar-refractivity contribution in [2.45, 2.75) is 77.2 Å². The minimum atomic E-state index is -0.918. The van der Waals surface area contributed by atoms with Crippen LogP contribution in [-0.4, -0.2) is 90.6 Å². The Morgan fingerprint density at radius 2 is 1.51 bits per heavy atom. The molecule has 1 unspecified atom stereocenters. The normalized spacial score (nSPS) is 17.6. The first-order valence-corrected chi connectivity index (χ1v) is 15.1. The molecule has 0 aliphatic carbocycles. The monoisotopic (exact) mass is 664 g/mol. The molecule has 11 nitrogen and oxygen atoms in total. The molecule has 1 heterocycles. The fraction of sp³-hybridized carbons (Fsp3) is 0.469. The lowest BCUT2D eigenvalue weighted by Gasteiger charge is -2.34. The lowest BCUT2D eigenvalue weighted by Crippen LogP contribution is -2.61. The summed E-state index contributed by atoms with van der Waals surface area (Å²) in [5.41, 5.74) is 1.07. The maximum Gasteiger partial charge on any atom is 0.408 e. The number of nitrogens with zero attached hydrogens (tertiary/aromatic N) is 2. The number of carbonyl (C=O) groups is 5. The quantitative estimate of drug-likeness (QED) is 0.407. The average molecular weight is 666 g/mol. The summed E-state index contributed by atoms with van der Waals surface area (Å²) in [5.74, 6) is -1.16. The van der Waals surface area contributed by atoms with Gasteiger partial charge in [0, 0.05) is 37.0 Å². The molecular formula is C32H42Cl2N4O7. The van der Waals surface area contributed by atoms with Gasteiger partial charge in [0.2, 0.25) is 17.7 Å². The van der Waals surface area contributed by atoms with Crippen LogP contribution < -0.4 is 10.6 Å². The molecule has 1 fully saturated rings. The highest BCUT2D eigenvalue weighted by atomic mass is 35.5. The summed E-state index contributed by atoms with van der Waals surface area (Å²) in [5, 5.41) is 6.56. The Bertz CT molecular complexity index is 1350. The van der Waals surface area contributed by atoms with Crippen molar-refractivity contribution in [2.75, 3.05) is 21.2 Å². The van der Waals surface area contributed by atoms with Crippen molar-refractivity contribution < 1.29 is 33.4 Å². The number of alkyl carbamates (subject to hydrolysis) is 1. The number of hydrogen-bond donors (Lipinski definition) is 2. The van der Waals surface area contributed by atoms with Crippen molar-refractivity contribution in [3.8, 4) is 0 Å². The van der Waals surface area contributed by atoms with Crippen molar-refractivity contribution in [1.29, 1.82) is 0 Å². The van der Waals surface area contributed by atoms with E-state index in [1.165, 1.54) is 24.0 Å². The van der Waals surface area contributed by atoms with Gasteiger partial charge in [-0.25, -0.2) is 9.59 Å². The molecule has 4 atom stereocenters. The summed E-state index contributed by atoms with van der Waals surface area (Å²) in [6, 6.07) is 11.6. The van der Waals surface area contributed by atoms with Crippen LogP contribution in [0.3, 0.4) is 0 Å². The third-order valence-corrected chi connectivity index (χ3v) is 7.59. The van der Waals surface area contributed by atoms with Crippen LogP contribution in [0.25, 0.3) is 0 Å². The number of nitrogens with one attached hydrogen (secondary N) is 2. The number of hydrogen-bond acceptors (Lipinski definition) is 7. The number of halogens is 2. The second-order valence-corrected chi connectivity index (χ2v) is 12.6. The highest BCUT2D eigenvalue weighted by molar-refractivity contribution is 6.30. The van der Waals surface area contributed by atoms with Crippen LogP contribution in [0.15, 0.2) is 48.5 Å². The Labute approximate surface area is 274 Å². The molecule has 0 radical (unpaired) electrons. The highest BCUT2D eigenvalue weighted by Crippen LogP contribution is 2.16. The zero-order valence-corrected chi connectivity index (χ0v) is 28.4. The SMILES string of the molecule is COC(=O)[C@H](C)N(C)C(=O)[C@H](Cc1ccc(Cl)cc1)NC(=O)OC(C)(C)C.C[C@H]1C(=O)NC(Cc2ccc(Cl)cc2)C(=O)N1C. The zero-order valence-electron chi connectivity index (χ0n) is 26.9. The first-order chi connectivity index (χ1) is 20.9. The van der Waals surface area contributed by atoms with Crippen LogP contribution in [0.5, 0.6) is 0 Å². The van der Waals surface area contributed by atoms with E-state index >= 15 is 0 Å². The number of amides is 4. The minimum absolute atomic E-state index is 0.0583. The fourth-order valence-corrected chi connectivity index (χ4v) is 4.48. The van der Waals surface area contributed by atoms with Gasteiger partial charge in [-0.3, -0.25) is 14.4 Å². The molecule has 0 aromatic heterocycles. The molecule has 0 bridgehead atoms. The van der Waals surface area contributed by atoms with E-state index in [1.54, 1.807) is 78.1 Å². The maximum absolute atomic E-state index is 12.9. The van der Waals surface area contributed by atoms with Gasteiger partial charge < -0.3 is 29.9 Å². The first kappa shape index (κ1) is 37.4. The number of rotatable bonds is 8. The zero-order chi connectivity index (χ0) is 34.1. The van der Waals surface area contributed by atoms with E-state index in [0.29, 0.717) is 16.5 Å². The van der Waals surface area contributed by atoms with E-state index < -0.39 is 47.7 Å². The molecule has 1 aliphatic rings. The van der Waals surface area contributed by atoms with Crippen LogP contribution in [0, 0.1) is 0 Å². The second-order valence-electron chi connectivity index (χ2n) is 11.7. The lowest BCUT2D eigenvalue weighted by molar-refractivity contribution is -0.151. The number of piperazine rings is 1. The average Bonchev–Trinajstić information content (AvgIpc) is 2.98. The fourth-order valence-electron chi connectivity index (χ4n) is 4.23. The molecule has 4 amide bonds. The smallest absolute Gasteiger partial charge is 0.408 e. The Hall–Kier alpha value is -3.83. The van der Waals surface area contributed by atoms with Crippen LogP contribution >= 0.6 is 23.2 Å². The van der Waals surface area contributed by atoms with Gasteiger partial charge in [-0.15, -0.1) is 0 Å². The predicted molar refractivity (Wildman–Crippen MR) is 172 cm³/mol. The van der Waals surface area contributed by atoms with Crippen LogP contribution in [0.2, 0.25) is 10.0 Å². The molecule has 2 aromatic rings. The van der Waals surface area contributed by atoms with Crippen molar-refractivity contribution in [1.82, 2.24) is 20.4 Å². The number of likely N-dealkylation sites (N-methyl/N-ethyl adjacent to an activating group) is 2. The van der Waals surface area contributed by atoms with Gasteiger partial charge in [0.05, 0.1) is 7.11 Å². The number of esters is 1. The number of ether oxygens (including phenoxy) is 2. The number of carbonyl (C=O) groups excluding carboxylic acids is 5. The van der Waals surface area contributed by atoms with Crippen LogP contribution in [-0.2, 0) is 41.5 Å². The topological polar surface area (TPSA) is 134 Å². The molecule has 13 heteroatoms. The Balaban J connectivity index is 0.000000338. The molecule has 246 valence electrons. The summed E-state index contributed by atoms with van der Waals surface area (Å²) in [7, 11) is 4.39. The van der Waals surface area contributed by atoms with Gasteiger partial charge in [-0.1, -0.05) is 47.5 Å². The van der Waals surface area contributed by atoms with E-state index in [9.17, 15) is 24.0 Å². The molecule has 45 heavy (non-hydrogen) atoms. The highest BCUT2D eigenvalue weighted by Gasteiger charge is 2.35. The van der Waals surface area contributed by atoms with Gasteiger partial charge in [-0.2, -0.15) is 0 Å². The van der Waals surface area contributed by atoms with Crippen molar-refractivity contribution in [3.05, 3.63) is 69.7 Å². The first-order valence-electron chi connectivity index (χ1n) is 14.3. The van der Waals surface area contributed by atoms with Gasteiger partial charge in [-0.05, 0) is 70.0 Å². The van der Waals surface area contributed by atoms with E-state index in [2.05, 4.69) is 15.4 Å². The van der Waals surface area contributed by atoms with E-state index in [1.807, 2.05) is 12.1 Å². The standard InChI is InChI=1S/C19H27ClN2O5.C13H15ClN2O2/c1-12(17(24)26-6)22(5)16(23)15(21-18(25)27-19(2,3)4)11-13-7-9-14(20)10-8-13;1-8-12(17)15-11(13(18)16(8)2)7-9-3-5-10(14)6-4-9/h7-10,12,15H,11H2,1-6H3,(H,21,25);3-6,8,11H,7H2,1-2H3,(H,15,17)/t12-,15-;8-,11?/m00/s1. The summed E-state index contributed by atoms with van der Waals surface area (Å²) >= 11 is 11.7. The molecule has 0 saturated carbocycles. The second kappa shape index (κ2) is 16.5. The summed E-state index contributed by atoms with van der Waals surface area (Å²) in [4.78, 5) is 63.3. The van der Waals surface area contributed by atoms with E-state index in [0.717, 1.165) is 11.1 Å². The summed E-state index contributed by atoms with van der Waals surface area (Å²) in [6.07, 6.45) is -0.0133. The largest absolute Gasteiger partial charge is 0.467 e. The maximum atomic E-state index is 12.9. The summed E-state index contributed by atoms with van der Waals surface area (Å²) in [6.45, 7) is 8.46. The van der Waals surface area contributed by atoms with Gasteiger partial charge in [0.1, 0.15) is 29.8 Å². The molecule has 3 rings (SSSR count). The third-order valence-electron chi connectivity index (χ3n) is 7.09. The third kappa shape index (κ3) is 11.6. The Morgan fingerprint density at radius 1 is 1.00 bits per heavy atom. The summed E-state index contributed by atoms with van der Waals surface area (Å²) < 4.78 is 9.93.